The number of hydrogen-bond acceptors (Lipinski definition) is 3. The number of nitrogens with one attached hydrogen (secondary N) is 2. The van der Waals surface area contributed by atoms with Crippen LogP contribution >= 0.6 is 0 Å². The Morgan fingerprint density at radius 3 is 2.86 bits per heavy atom. The lowest BCUT2D eigenvalue weighted by Gasteiger charge is -2.18. The van der Waals surface area contributed by atoms with E-state index in [1.54, 1.807) is 6.33 Å². The topological polar surface area (TPSA) is 66.7 Å². The summed E-state index contributed by atoms with van der Waals surface area (Å²) in [4.78, 5) is 7.01. The predicted molar refractivity (Wildman–Crippen MR) is 57.7 cm³/mol. The SMILES string of the molecule is CC(C)C(CN)CNCc1cnc[nH]1. The molecule has 4 N–H and O–H groups in total. The van der Waals surface area contributed by atoms with Gasteiger partial charge in [0.2, 0.25) is 0 Å². The molecule has 0 aliphatic carbocycles. The van der Waals surface area contributed by atoms with Crippen LogP contribution in [-0.4, -0.2) is 23.1 Å². The lowest BCUT2D eigenvalue weighted by atomic mass is 9.96. The van der Waals surface area contributed by atoms with Crippen LogP contribution in [0.4, 0.5) is 0 Å². The molecule has 0 aromatic carbocycles. The molecule has 0 amide bonds. The molecule has 1 heterocycles. The van der Waals surface area contributed by atoms with Crippen LogP contribution in [0.1, 0.15) is 19.5 Å². The number of aromatic nitrogens is 2. The second kappa shape index (κ2) is 5.78. The van der Waals surface area contributed by atoms with Gasteiger partial charge in [-0.15, -0.1) is 0 Å². The summed E-state index contributed by atoms with van der Waals surface area (Å²) in [5.41, 5.74) is 6.79. The Kier molecular flexibility index (Phi) is 4.62. The summed E-state index contributed by atoms with van der Waals surface area (Å²) in [6.07, 6.45) is 3.53. The van der Waals surface area contributed by atoms with Crippen LogP contribution in [0.3, 0.4) is 0 Å². The van der Waals surface area contributed by atoms with Gasteiger partial charge in [0, 0.05) is 18.4 Å². The maximum Gasteiger partial charge on any atom is 0.0922 e. The summed E-state index contributed by atoms with van der Waals surface area (Å²) in [5.74, 6) is 1.19. The molecule has 14 heavy (non-hydrogen) atoms. The van der Waals surface area contributed by atoms with E-state index < -0.39 is 0 Å². The lowest BCUT2D eigenvalue weighted by Crippen LogP contribution is -2.31. The van der Waals surface area contributed by atoms with E-state index >= 15 is 0 Å². The fraction of sp³-hybridized carbons (Fsp3) is 0.700. The van der Waals surface area contributed by atoms with Crippen molar-refractivity contribution in [2.45, 2.75) is 20.4 Å². The molecule has 80 valence electrons. The zero-order valence-corrected chi connectivity index (χ0v) is 8.96. The molecule has 1 atom stereocenters. The molecule has 1 aromatic rings. The van der Waals surface area contributed by atoms with E-state index in [-0.39, 0.29) is 0 Å². The van der Waals surface area contributed by atoms with E-state index in [1.807, 2.05) is 6.20 Å². The van der Waals surface area contributed by atoms with Crippen molar-refractivity contribution in [1.82, 2.24) is 15.3 Å². The maximum atomic E-state index is 5.67. The zero-order valence-electron chi connectivity index (χ0n) is 8.96. The fourth-order valence-corrected chi connectivity index (χ4v) is 1.36. The summed E-state index contributed by atoms with van der Waals surface area (Å²) in [6.45, 7) is 6.95. The highest BCUT2D eigenvalue weighted by molar-refractivity contribution is 4.93. The van der Waals surface area contributed by atoms with Crippen molar-refractivity contribution < 1.29 is 0 Å². The number of nitrogens with two attached hydrogens (primary N) is 1. The average molecular weight is 196 g/mol. The van der Waals surface area contributed by atoms with E-state index in [2.05, 4.69) is 29.1 Å². The third-order valence-corrected chi connectivity index (χ3v) is 2.52. The van der Waals surface area contributed by atoms with Gasteiger partial charge in [-0.2, -0.15) is 0 Å². The van der Waals surface area contributed by atoms with Crippen molar-refractivity contribution >= 4 is 0 Å². The molecule has 4 heteroatoms. The molecule has 0 aliphatic heterocycles. The number of imidazole rings is 1. The Morgan fingerprint density at radius 2 is 2.36 bits per heavy atom. The van der Waals surface area contributed by atoms with Gasteiger partial charge in [0.1, 0.15) is 0 Å². The van der Waals surface area contributed by atoms with Crippen molar-refractivity contribution in [2.75, 3.05) is 13.1 Å². The van der Waals surface area contributed by atoms with Gasteiger partial charge in [0.05, 0.1) is 6.33 Å². The third-order valence-electron chi connectivity index (χ3n) is 2.52. The van der Waals surface area contributed by atoms with Gasteiger partial charge in [0.25, 0.3) is 0 Å². The molecule has 0 aliphatic rings. The van der Waals surface area contributed by atoms with E-state index in [4.69, 9.17) is 5.73 Å². The first kappa shape index (κ1) is 11.2. The third kappa shape index (κ3) is 3.47. The van der Waals surface area contributed by atoms with Gasteiger partial charge in [-0.05, 0) is 24.9 Å². The summed E-state index contributed by atoms with van der Waals surface area (Å²) in [5, 5.41) is 3.37. The number of hydrogen-bond donors (Lipinski definition) is 3. The van der Waals surface area contributed by atoms with Crippen LogP contribution in [0.25, 0.3) is 0 Å². The van der Waals surface area contributed by atoms with E-state index in [0.717, 1.165) is 25.3 Å². The maximum absolute atomic E-state index is 5.67. The predicted octanol–water partition coefficient (Wildman–Crippen LogP) is 0.730. The van der Waals surface area contributed by atoms with Gasteiger partial charge >= 0.3 is 0 Å². The number of rotatable bonds is 6. The van der Waals surface area contributed by atoms with Crippen molar-refractivity contribution in [1.29, 1.82) is 0 Å². The second-order valence-corrected chi connectivity index (χ2v) is 3.95. The van der Waals surface area contributed by atoms with E-state index in [0.29, 0.717) is 11.8 Å². The summed E-state index contributed by atoms with van der Waals surface area (Å²) in [6, 6.07) is 0. The largest absolute Gasteiger partial charge is 0.347 e. The average Bonchev–Trinajstić information content (AvgIpc) is 2.64. The normalized spacial score (nSPS) is 13.4. The molecular formula is C10H20N4. The highest BCUT2D eigenvalue weighted by atomic mass is 14.9. The Bertz CT molecular complexity index is 230. The smallest absolute Gasteiger partial charge is 0.0922 e. The quantitative estimate of drug-likeness (QED) is 0.628. The molecule has 0 saturated heterocycles. The van der Waals surface area contributed by atoms with E-state index in [1.165, 1.54) is 0 Å². The summed E-state index contributed by atoms with van der Waals surface area (Å²) in [7, 11) is 0. The minimum atomic E-state index is 0.554. The minimum Gasteiger partial charge on any atom is -0.347 e. The Morgan fingerprint density at radius 1 is 1.57 bits per heavy atom. The summed E-state index contributed by atoms with van der Waals surface area (Å²) >= 11 is 0. The highest BCUT2D eigenvalue weighted by Gasteiger charge is 2.10. The highest BCUT2D eigenvalue weighted by Crippen LogP contribution is 2.07. The fourth-order valence-electron chi connectivity index (χ4n) is 1.36. The van der Waals surface area contributed by atoms with Gasteiger partial charge in [-0.3, -0.25) is 0 Å². The zero-order chi connectivity index (χ0) is 10.4. The molecular weight excluding hydrogens is 176 g/mol. The van der Waals surface area contributed by atoms with Crippen molar-refractivity contribution in [3.63, 3.8) is 0 Å². The van der Waals surface area contributed by atoms with Crippen LogP contribution in [-0.2, 0) is 6.54 Å². The van der Waals surface area contributed by atoms with Crippen LogP contribution in [0.15, 0.2) is 12.5 Å². The van der Waals surface area contributed by atoms with Gasteiger partial charge in [0.15, 0.2) is 0 Å². The van der Waals surface area contributed by atoms with Crippen molar-refractivity contribution in [3.8, 4) is 0 Å². The molecule has 1 rings (SSSR count). The van der Waals surface area contributed by atoms with Crippen molar-refractivity contribution in [2.24, 2.45) is 17.6 Å². The van der Waals surface area contributed by atoms with Gasteiger partial charge in [-0.1, -0.05) is 13.8 Å². The molecule has 0 bridgehead atoms. The molecule has 0 radical (unpaired) electrons. The number of nitrogens with zero attached hydrogens (tertiary/aromatic N) is 1. The minimum absolute atomic E-state index is 0.554. The standard InChI is InChI=1S/C10H20N4/c1-8(2)9(3-11)4-12-5-10-6-13-7-14-10/h6-9,12H,3-5,11H2,1-2H3,(H,13,14). The lowest BCUT2D eigenvalue weighted by molar-refractivity contribution is 0.370. The first-order valence-electron chi connectivity index (χ1n) is 5.12. The first-order valence-corrected chi connectivity index (χ1v) is 5.12. The second-order valence-electron chi connectivity index (χ2n) is 3.95. The summed E-state index contributed by atoms with van der Waals surface area (Å²) < 4.78 is 0. The molecule has 1 unspecified atom stereocenters. The molecule has 0 spiro atoms. The number of aromatic amines is 1. The Balaban J connectivity index is 2.20. The van der Waals surface area contributed by atoms with Gasteiger partial charge in [-0.25, -0.2) is 4.98 Å². The molecule has 4 nitrogen and oxygen atoms in total. The monoisotopic (exact) mass is 196 g/mol. The van der Waals surface area contributed by atoms with Crippen molar-refractivity contribution in [3.05, 3.63) is 18.2 Å². The number of H-pyrrole nitrogens is 1. The molecule has 1 aromatic heterocycles. The van der Waals surface area contributed by atoms with Crippen LogP contribution < -0.4 is 11.1 Å². The van der Waals surface area contributed by atoms with Crippen LogP contribution in [0.2, 0.25) is 0 Å². The van der Waals surface area contributed by atoms with Crippen LogP contribution in [0, 0.1) is 11.8 Å². The van der Waals surface area contributed by atoms with Gasteiger partial charge < -0.3 is 16.0 Å². The molecule has 0 fully saturated rings. The molecule has 0 saturated carbocycles. The first-order chi connectivity index (χ1) is 6.74. The Labute approximate surface area is 85.3 Å². The van der Waals surface area contributed by atoms with E-state index in [9.17, 15) is 0 Å². The Hall–Kier alpha value is -0.870. The van der Waals surface area contributed by atoms with Crippen LogP contribution in [0.5, 0.6) is 0 Å².